The molecule has 3 atom stereocenters. The molecule has 0 spiro atoms. The van der Waals surface area contributed by atoms with E-state index in [-0.39, 0.29) is 11.5 Å². The topological polar surface area (TPSA) is 30.3 Å². The van der Waals surface area contributed by atoms with Crippen LogP contribution in [-0.2, 0) is 23.0 Å². The first kappa shape index (κ1) is 23.1. The van der Waals surface area contributed by atoms with Crippen molar-refractivity contribution in [3.05, 3.63) is 63.4 Å². The predicted molar refractivity (Wildman–Crippen MR) is 139 cm³/mol. The van der Waals surface area contributed by atoms with E-state index in [1.165, 1.54) is 45.3 Å². The average molecular weight is 511 g/mol. The van der Waals surface area contributed by atoms with Crippen molar-refractivity contribution in [2.24, 2.45) is 5.92 Å². The first-order chi connectivity index (χ1) is 15.7. The second kappa shape index (κ2) is 8.83. The maximum absolute atomic E-state index is 6.14. The number of nitrogens with zero attached hydrogens (tertiary/aromatic N) is 3. The number of hydrogen-bond donors (Lipinski definition) is 0. The molecular weight excluding hydrogens is 474 g/mol. The zero-order valence-corrected chi connectivity index (χ0v) is 22.2. The summed E-state index contributed by atoms with van der Waals surface area (Å²) in [4.78, 5) is 7.75. The fraction of sp³-hybridized carbons (Fsp3) is 0.536. The standard InChI is InChI=1S/C28H36BrN3O/c1-18-6-9-24-23(12-18)30-27(28(2,3)4)32(24)25-10-11-31(17-26(25)33-5)16-19-13-20-7-8-22(29)15-21(20)14-19/h6-9,12,15,19,25-26H,10-11,13-14,16-17H2,1-5H3/t19-,25+,26+/m0/s1. The van der Waals surface area contributed by atoms with Gasteiger partial charge >= 0.3 is 0 Å². The maximum Gasteiger partial charge on any atom is 0.115 e. The number of fused-ring (bicyclic) bond motifs is 2. The lowest BCUT2D eigenvalue weighted by molar-refractivity contribution is -0.0101. The molecule has 33 heavy (non-hydrogen) atoms. The van der Waals surface area contributed by atoms with Crippen LogP contribution >= 0.6 is 15.9 Å². The van der Waals surface area contributed by atoms with Crippen molar-refractivity contribution in [1.82, 2.24) is 14.5 Å². The van der Waals surface area contributed by atoms with Gasteiger partial charge in [-0.15, -0.1) is 0 Å². The third-order valence-electron chi connectivity index (χ3n) is 7.46. The number of piperidine rings is 1. The predicted octanol–water partition coefficient (Wildman–Crippen LogP) is 6.08. The molecule has 1 saturated heterocycles. The summed E-state index contributed by atoms with van der Waals surface area (Å²) in [5.74, 6) is 1.87. The smallest absolute Gasteiger partial charge is 0.115 e. The third kappa shape index (κ3) is 4.52. The SMILES string of the molecule is CO[C@@H]1CN(C[C@H]2Cc3ccc(Br)cc3C2)CC[C@H]1n1c(C(C)(C)C)nc2cc(C)ccc21. The number of rotatable bonds is 4. The summed E-state index contributed by atoms with van der Waals surface area (Å²) < 4.78 is 9.84. The molecule has 5 rings (SSSR count). The number of hydrogen-bond acceptors (Lipinski definition) is 3. The molecule has 0 saturated carbocycles. The zero-order chi connectivity index (χ0) is 23.3. The van der Waals surface area contributed by atoms with Crippen LogP contribution in [-0.4, -0.2) is 47.3 Å². The Hall–Kier alpha value is -1.69. The number of ether oxygens (including phenoxy) is 1. The zero-order valence-electron chi connectivity index (χ0n) is 20.6. The van der Waals surface area contributed by atoms with Crippen molar-refractivity contribution in [3.8, 4) is 0 Å². The normalized spacial score (nSPS) is 23.9. The number of methoxy groups -OCH3 is 1. The Bertz CT molecular complexity index is 1160. The molecule has 1 fully saturated rings. The first-order valence-corrected chi connectivity index (χ1v) is 13.0. The molecule has 1 aliphatic heterocycles. The van der Waals surface area contributed by atoms with E-state index in [1.54, 1.807) is 0 Å². The van der Waals surface area contributed by atoms with Crippen LogP contribution in [0.2, 0.25) is 0 Å². The van der Waals surface area contributed by atoms with E-state index in [0.717, 1.165) is 31.6 Å². The van der Waals surface area contributed by atoms with E-state index in [9.17, 15) is 0 Å². The molecule has 1 aliphatic carbocycles. The summed E-state index contributed by atoms with van der Waals surface area (Å²) in [6.45, 7) is 12.2. The van der Waals surface area contributed by atoms with Crippen molar-refractivity contribution in [1.29, 1.82) is 0 Å². The van der Waals surface area contributed by atoms with Crippen molar-refractivity contribution in [3.63, 3.8) is 0 Å². The third-order valence-corrected chi connectivity index (χ3v) is 7.95. The Balaban J connectivity index is 1.36. The number of aryl methyl sites for hydroxylation is 1. The molecular formula is C28H36BrN3O. The van der Waals surface area contributed by atoms with Crippen LogP contribution in [0.15, 0.2) is 40.9 Å². The van der Waals surface area contributed by atoms with Gasteiger partial charge in [-0.2, -0.15) is 0 Å². The minimum atomic E-state index is -0.0216. The molecule has 2 aliphatic rings. The summed E-state index contributed by atoms with van der Waals surface area (Å²) >= 11 is 3.63. The number of halogens is 1. The van der Waals surface area contributed by atoms with Gasteiger partial charge in [-0.25, -0.2) is 4.98 Å². The van der Waals surface area contributed by atoms with Gasteiger partial charge in [0.25, 0.3) is 0 Å². The summed E-state index contributed by atoms with van der Waals surface area (Å²) in [6.07, 6.45) is 3.63. The van der Waals surface area contributed by atoms with Gasteiger partial charge in [0.05, 0.1) is 23.2 Å². The fourth-order valence-electron chi connectivity index (χ4n) is 5.91. The van der Waals surface area contributed by atoms with Gasteiger partial charge < -0.3 is 14.2 Å². The largest absolute Gasteiger partial charge is 0.378 e. The highest BCUT2D eigenvalue weighted by atomic mass is 79.9. The van der Waals surface area contributed by atoms with Crippen LogP contribution in [0.5, 0.6) is 0 Å². The van der Waals surface area contributed by atoms with E-state index < -0.39 is 0 Å². The minimum Gasteiger partial charge on any atom is -0.378 e. The van der Waals surface area contributed by atoms with Gasteiger partial charge in [0.15, 0.2) is 0 Å². The molecule has 1 aromatic heterocycles. The molecule has 0 unspecified atom stereocenters. The highest BCUT2D eigenvalue weighted by Gasteiger charge is 2.36. The Morgan fingerprint density at radius 2 is 1.88 bits per heavy atom. The number of likely N-dealkylation sites (tertiary alicyclic amines) is 1. The number of aromatic nitrogens is 2. The van der Waals surface area contributed by atoms with Crippen molar-refractivity contribution < 1.29 is 4.74 Å². The maximum atomic E-state index is 6.14. The van der Waals surface area contributed by atoms with E-state index in [1.807, 2.05) is 7.11 Å². The number of benzene rings is 2. The average Bonchev–Trinajstić information content (AvgIpc) is 3.33. The van der Waals surface area contributed by atoms with Crippen LogP contribution < -0.4 is 0 Å². The molecule has 0 amide bonds. The lowest BCUT2D eigenvalue weighted by Crippen LogP contribution is -2.47. The van der Waals surface area contributed by atoms with E-state index >= 15 is 0 Å². The summed E-state index contributed by atoms with van der Waals surface area (Å²) in [6, 6.07) is 13.8. The first-order valence-electron chi connectivity index (χ1n) is 12.2. The van der Waals surface area contributed by atoms with E-state index in [2.05, 4.69) is 89.5 Å². The lowest BCUT2D eigenvalue weighted by atomic mass is 9.93. The summed E-state index contributed by atoms with van der Waals surface area (Å²) in [5.41, 5.74) is 6.62. The minimum absolute atomic E-state index is 0.0216. The Labute approximate surface area is 206 Å². The van der Waals surface area contributed by atoms with Gasteiger partial charge in [-0.05, 0) is 73.1 Å². The molecule has 3 aromatic rings. The van der Waals surface area contributed by atoms with Gasteiger partial charge in [0.1, 0.15) is 5.82 Å². The number of imidazole rings is 1. The Kier molecular flexibility index (Phi) is 6.17. The van der Waals surface area contributed by atoms with Gasteiger partial charge in [-0.1, -0.05) is 48.8 Å². The molecule has 176 valence electrons. The molecule has 2 heterocycles. The molecule has 5 heteroatoms. The van der Waals surface area contributed by atoms with Crippen molar-refractivity contribution in [2.75, 3.05) is 26.7 Å². The van der Waals surface area contributed by atoms with Gasteiger partial charge in [0, 0.05) is 36.6 Å². The van der Waals surface area contributed by atoms with Crippen molar-refractivity contribution >= 4 is 27.0 Å². The molecule has 2 aromatic carbocycles. The monoisotopic (exact) mass is 509 g/mol. The highest BCUT2D eigenvalue weighted by molar-refractivity contribution is 9.10. The quantitative estimate of drug-likeness (QED) is 0.426. The van der Waals surface area contributed by atoms with Crippen LogP contribution in [0.4, 0.5) is 0 Å². The summed E-state index contributed by atoms with van der Waals surface area (Å²) in [5, 5.41) is 0. The molecule has 0 N–H and O–H groups in total. The Morgan fingerprint density at radius 3 is 2.64 bits per heavy atom. The van der Waals surface area contributed by atoms with Crippen LogP contribution in [0.3, 0.4) is 0 Å². The molecule has 0 bridgehead atoms. The van der Waals surface area contributed by atoms with Crippen molar-refractivity contribution in [2.45, 2.75) is 64.5 Å². The Morgan fingerprint density at radius 1 is 1.09 bits per heavy atom. The van der Waals surface area contributed by atoms with E-state index in [0.29, 0.717) is 12.0 Å². The molecule has 4 nitrogen and oxygen atoms in total. The highest BCUT2D eigenvalue weighted by Crippen LogP contribution is 2.36. The second-order valence-electron chi connectivity index (χ2n) is 11.1. The lowest BCUT2D eigenvalue weighted by Gasteiger charge is -2.41. The molecule has 0 radical (unpaired) electrons. The van der Waals surface area contributed by atoms with Gasteiger partial charge in [0.2, 0.25) is 0 Å². The van der Waals surface area contributed by atoms with E-state index in [4.69, 9.17) is 9.72 Å². The van der Waals surface area contributed by atoms with Crippen LogP contribution in [0.1, 0.15) is 55.7 Å². The van der Waals surface area contributed by atoms with Crippen LogP contribution in [0.25, 0.3) is 11.0 Å². The summed E-state index contributed by atoms with van der Waals surface area (Å²) in [7, 11) is 1.88. The fourth-order valence-corrected chi connectivity index (χ4v) is 6.32. The van der Waals surface area contributed by atoms with Gasteiger partial charge in [-0.3, -0.25) is 0 Å². The van der Waals surface area contributed by atoms with Crippen LogP contribution in [0, 0.1) is 12.8 Å². The second-order valence-corrected chi connectivity index (χ2v) is 12.0.